The molecule has 102 valence electrons. The largest absolute Gasteiger partial charge is 0.454 e. The molecule has 2 rings (SSSR count). The van der Waals surface area contributed by atoms with E-state index in [2.05, 4.69) is 15.9 Å². The van der Waals surface area contributed by atoms with Crippen molar-refractivity contribution < 1.29 is 14.4 Å². The van der Waals surface area contributed by atoms with Crippen molar-refractivity contribution in [3.63, 3.8) is 0 Å². The van der Waals surface area contributed by atoms with Gasteiger partial charge in [0.25, 0.3) is 0 Å². The molecule has 1 aliphatic heterocycles. The van der Waals surface area contributed by atoms with Gasteiger partial charge in [-0.15, -0.1) is 0 Å². The van der Waals surface area contributed by atoms with Crippen LogP contribution in [-0.4, -0.2) is 11.7 Å². The molecule has 1 aromatic carbocycles. The number of allylic oxidation sites excluding steroid dienone is 1. The van der Waals surface area contributed by atoms with Crippen LogP contribution in [0.25, 0.3) is 6.08 Å². The predicted octanol–water partition coefficient (Wildman–Crippen LogP) is 3.84. The first-order valence-corrected chi connectivity index (χ1v) is 6.70. The summed E-state index contributed by atoms with van der Waals surface area (Å²) in [5, 5.41) is 11.0. The number of halogens is 1. The Morgan fingerprint density at radius 1 is 1.53 bits per heavy atom. The number of ether oxygens (including phenoxy) is 2. The van der Waals surface area contributed by atoms with Gasteiger partial charge in [0.1, 0.15) is 0 Å². The van der Waals surface area contributed by atoms with Crippen molar-refractivity contribution in [2.24, 2.45) is 5.92 Å². The third-order valence-electron chi connectivity index (χ3n) is 2.63. The van der Waals surface area contributed by atoms with E-state index in [1.54, 1.807) is 18.2 Å². The Morgan fingerprint density at radius 2 is 2.26 bits per heavy atom. The fraction of sp³-hybridized carbons (Fsp3) is 0.385. The molecule has 0 aliphatic carbocycles. The van der Waals surface area contributed by atoms with Crippen LogP contribution in [0.5, 0.6) is 11.5 Å². The van der Waals surface area contributed by atoms with Crippen LogP contribution in [0, 0.1) is 16.0 Å². The van der Waals surface area contributed by atoms with Gasteiger partial charge < -0.3 is 9.47 Å². The third kappa shape index (κ3) is 3.26. The van der Waals surface area contributed by atoms with E-state index in [0.717, 1.165) is 10.0 Å². The van der Waals surface area contributed by atoms with Gasteiger partial charge in [-0.25, -0.2) is 0 Å². The Balaban J connectivity index is 2.35. The Labute approximate surface area is 119 Å². The molecule has 0 amide bonds. The zero-order valence-electron chi connectivity index (χ0n) is 10.7. The number of nitro groups is 1. The first-order chi connectivity index (χ1) is 8.97. The summed E-state index contributed by atoms with van der Waals surface area (Å²) in [7, 11) is 0. The quantitative estimate of drug-likeness (QED) is 0.622. The van der Waals surface area contributed by atoms with E-state index in [-0.39, 0.29) is 23.3 Å². The van der Waals surface area contributed by atoms with E-state index >= 15 is 0 Å². The molecule has 0 saturated carbocycles. The van der Waals surface area contributed by atoms with Crippen molar-refractivity contribution in [1.82, 2.24) is 0 Å². The molecular formula is C13H14BrNO4. The van der Waals surface area contributed by atoms with Gasteiger partial charge in [0.15, 0.2) is 11.5 Å². The van der Waals surface area contributed by atoms with Crippen molar-refractivity contribution >= 4 is 22.0 Å². The minimum Gasteiger partial charge on any atom is -0.454 e. The topological polar surface area (TPSA) is 61.6 Å². The summed E-state index contributed by atoms with van der Waals surface area (Å²) < 4.78 is 11.3. The molecule has 0 fully saturated rings. The summed E-state index contributed by atoms with van der Waals surface area (Å²) in [4.78, 5) is 10.7. The molecule has 19 heavy (non-hydrogen) atoms. The number of fused-ring (bicyclic) bond motifs is 1. The summed E-state index contributed by atoms with van der Waals surface area (Å²) in [5.74, 6) is 1.48. The molecular weight excluding hydrogens is 314 g/mol. The molecule has 0 bridgehead atoms. The van der Waals surface area contributed by atoms with Gasteiger partial charge >= 0.3 is 0 Å². The lowest BCUT2D eigenvalue weighted by molar-refractivity contribution is -0.427. The van der Waals surface area contributed by atoms with Gasteiger partial charge in [-0.05, 0) is 39.5 Å². The monoisotopic (exact) mass is 327 g/mol. The average Bonchev–Trinajstić information content (AvgIpc) is 2.76. The van der Waals surface area contributed by atoms with Gasteiger partial charge in [0.05, 0.1) is 9.40 Å². The van der Waals surface area contributed by atoms with Crippen LogP contribution in [-0.2, 0) is 0 Å². The predicted molar refractivity (Wildman–Crippen MR) is 74.7 cm³/mol. The normalized spacial score (nSPS) is 14.0. The SMILES string of the molecule is CC(C)CC(=Cc1cc(Br)c2c(c1)OCO2)[N+](=O)[O-]. The zero-order chi connectivity index (χ0) is 14.0. The number of benzene rings is 1. The first-order valence-electron chi connectivity index (χ1n) is 5.91. The molecule has 5 nitrogen and oxygen atoms in total. The van der Waals surface area contributed by atoms with Crippen LogP contribution in [0.4, 0.5) is 0 Å². The Morgan fingerprint density at radius 3 is 2.89 bits per heavy atom. The highest BCUT2D eigenvalue weighted by Gasteiger charge is 2.19. The van der Waals surface area contributed by atoms with Crippen LogP contribution >= 0.6 is 15.9 Å². The third-order valence-corrected chi connectivity index (χ3v) is 3.22. The van der Waals surface area contributed by atoms with Crippen molar-refractivity contribution in [1.29, 1.82) is 0 Å². The minimum atomic E-state index is -0.335. The van der Waals surface area contributed by atoms with Gasteiger partial charge in [-0.2, -0.15) is 0 Å². The fourth-order valence-corrected chi connectivity index (χ4v) is 2.44. The van der Waals surface area contributed by atoms with Gasteiger partial charge in [0, 0.05) is 12.5 Å². The molecule has 0 atom stereocenters. The first kappa shape index (κ1) is 13.9. The second-order valence-corrected chi connectivity index (χ2v) is 5.58. The Kier molecular flexibility index (Phi) is 4.09. The van der Waals surface area contributed by atoms with Crippen LogP contribution in [0.15, 0.2) is 22.3 Å². The van der Waals surface area contributed by atoms with E-state index in [1.165, 1.54) is 0 Å². The molecule has 0 saturated heterocycles. The van der Waals surface area contributed by atoms with Crippen LogP contribution in [0.3, 0.4) is 0 Å². The van der Waals surface area contributed by atoms with Crippen LogP contribution in [0.2, 0.25) is 0 Å². The maximum absolute atomic E-state index is 11.0. The highest BCUT2D eigenvalue weighted by molar-refractivity contribution is 9.10. The minimum absolute atomic E-state index is 0.176. The number of hydrogen-bond donors (Lipinski definition) is 0. The van der Waals surface area contributed by atoms with Crippen LogP contribution < -0.4 is 9.47 Å². The van der Waals surface area contributed by atoms with E-state index in [0.29, 0.717) is 17.9 Å². The summed E-state index contributed by atoms with van der Waals surface area (Å²) in [6.45, 7) is 4.08. The molecule has 0 N–H and O–H groups in total. The van der Waals surface area contributed by atoms with E-state index < -0.39 is 0 Å². The second kappa shape index (κ2) is 5.61. The second-order valence-electron chi connectivity index (χ2n) is 4.73. The van der Waals surface area contributed by atoms with E-state index in [4.69, 9.17) is 9.47 Å². The number of nitrogens with zero attached hydrogens (tertiary/aromatic N) is 1. The molecule has 0 radical (unpaired) electrons. The fourth-order valence-electron chi connectivity index (χ4n) is 1.87. The lowest BCUT2D eigenvalue weighted by Gasteiger charge is -2.04. The standard InChI is InChI=1S/C13H14BrNO4/c1-8(2)3-10(15(16)17)4-9-5-11(14)13-12(6-9)18-7-19-13/h4-6,8H,3,7H2,1-2H3. The van der Waals surface area contributed by atoms with Crippen LogP contribution in [0.1, 0.15) is 25.8 Å². The molecule has 1 aromatic rings. The summed E-state index contributed by atoms with van der Waals surface area (Å²) >= 11 is 3.37. The van der Waals surface area contributed by atoms with Crippen molar-refractivity contribution in [2.45, 2.75) is 20.3 Å². The van der Waals surface area contributed by atoms with Crippen molar-refractivity contribution in [3.8, 4) is 11.5 Å². The van der Waals surface area contributed by atoms with E-state index in [1.807, 2.05) is 13.8 Å². The molecule has 1 aliphatic rings. The summed E-state index contributed by atoms with van der Waals surface area (Å²) in [5.41, 5.74) is 0.921. The molecule has 0 aromatic heterocycles. The smallest absolute Gasteiger partial charge is 0.247 e. The molecule has 0 unspecified atom stereocenters. The highest BCUT2D eigenvalue weighted by atomic mass is 79.9. The maximum atomic E-state index is 11.0. The van der Waals surface area contributed by atoms with Crippen molar-refractivity contribution in [3.05, 3.63) is 38.0 Å². The van der Waals surface area contributed by atoms with Gasteiger partial charge in [-0.3, -0.25) is 10.1 Å². The van der Waals surface area contributed by atoms with E-state index in [9.17, 15) is 10.1 Å². The lowest BCUT2D eigenvalue weighted by atomic mass is 10.1. The van der Waals surface area contributed by atoms with Gasteiger partial charge in [0.2, 0.25) is 12.5 Å². The Hall–Kier alpha value is -1.56. The molecule has 1 heterocycles. The molecule has 0 spiro atoms. The molecule has 6 heteroatoms. The average molecular weight is 328 g/mol. The van der Waals surface area contributed by atoms with Gasteiger partial charge in [-0.1, -0.05) is 13.8 Å². The highest BCUT2D eigenvalue weighted by Crippen LogP contribution is 2.40. The zero-order valence-corrected chi connectivity index (χ0v) is 12.3. The summed E-state index contributed by atoms with van der Waals surface area (Å²) in [6.07, 6.45) is 2.01. The maximum Gasteiger partial charge on any atom is 0.247 e. The Bertz CT molecular complexity index is 540. The summed E-state index contributed by atoms with van der Waals surface area (Å²) in [6, 6.07) is 3.54. The lowest BCUT2D eigenvalue weighted by Crippen LogP contribution is -2.02. The van der Waals surface area contributed by atoms with Crippen molar-refractivity contribution in [2.75, 3.05) is 6.79 Å². The number of hydrogen-bond acceptors (Lipinski definition) is 4. The number of rotatable bonds is 4.